The van der Waals surface area contributed by atoms with E-state index in [1.54, 1.807) is 31.5 Å². The molecular formula is C29H30ClFN2O4. The number of benzene rings is 1. The Labute approximate surface area is 221 Å². The Bertz CT molecular complexity index is 1220. The van der Waals surface area contributed by atoms with Gasteiger partial charge in [-0.15, -0.1) is 6.42 Å². The third kappa shape index (κ3) is 6.50. The molecule has 1 heterocycles. The molecule has 1 atom stereocenters. The predicted octanol–water partition coefficient (Wildman–Crippen LogP) is 6.16. The number of rotatable bonds is 8. The van der Waals surface area contributed by atoms with Crippen molar-refractivity contribution in [1.82, 2.24) is 4.98 Å². The number of ether oxygens (including phenoxy) is 2. The molecule has 1 aromatic carbocycles. The van der Waals surface area contributed by atoms with Gasteiger partial charge in [0.15, 0.2) is 6.10 Å². The van der Waals surface area contributed by atoms with E-state index in [4.69, 9.17) is 27.5 Å². The van der Waals surface area contributed by atoms with Crippen LogP contribution in [-0.2, 0) is 20.9 Å². The normalized spacial score (nSPS) is 16.7. The van der Waals surface area contributed by atoms with Gasteiger partial charge < -0.3 is 14.4 Å². The van der Waals surface area contributed by atoms with Crippen molar-refractivity contribution >= 4 is 29.2 Å². The summed E-state index contributed by atoms with van der Waals surface area (Å²) in [6.07, 6.45) is 14.0. The summed E-state index contributed by atoms with van der Waals surface area (Å²) in [4.78, 5) is 32.6. The van der Waals surface area contributed by atoms with Crippen LogP contribution in [0.5, 0.6) is 5.75 Å². The number of hydrogen-bond donors (Lipinski definition) is 0. The molecule has 2 aromatic rings. The molecule has 0 saturated heterocycles. The number of amides is 1. The van der Waals surface area contributed by atoms with Crippen molar-refractivity contribution in [1.29, 1.82) is 0 Å². The van der Waals surface area contributed by atoms with Crippen LogP contribution in [0.4, 0.5) is 10.1 Å². The molecule has 2 aliphatic rings. The van der Waals surface area contributed by atoms with Crippen LogP contribution in [0.2, 0.25) is 5.02 Å². The zero-order valence-electron chi connectivity index (χ0n) is 20.8. The van der Waals surface area contributed by atoms with E-state index >= 15 is 4.39 Å². The first-order valence-electron chi connectivity index (χ1n) is 12.6. The van der Waals surface area contributed by atoms with Gasteiger partial charge in [-0.25, -0.2) is 9.18 Å². The smallest absolute Gasteiger partial charge is 0.334 e. The standard InChI is InChI=1S/C29H30ClFN2O4/c1-3-19(2)36-27-16-26(25(31)15-24(27)30)33(18-20-9-8-14-32-17-20)28(34)22-12-6-7-13-23(22)29(35)37-21-10-4-5-11-21/h1,8-9,14-17,19,21H,4-7,10-13,18H2,2H3. The van der Waals surface area contributed by atoms with Gasteiger partial charge in [0.1, 0.15) is 17.7 Å². The second-order valence-electron chi connectivity index (χ2n) is 9.39. The van der Waals surface area contributed by atoms with Crippen LogP contribution in [0.25, 0.3) is 0 Å². The lowest BCUT2D eigenvalue weighted by Crippen LogP contribution is -2.35. The van der Waals surface area contributed by atoms with Crippen molar-refractivity contribution in [2.45, 2.75) is 77.0 Å². The monoisotopic (exact) mass is 524 g/mol. The number of terminal acetylenes is 1. The zero-order chi connectivity index (χ0) is 26.4. The summed E-state index contributed by atoms with van der Waals surface area (Å²) in [6, 6.07) is 6.01. The van der Waals surface area contributed by atoms with E-state index in [1.807, 2.05) is 0 Å². The topological polar surface area (TPSA) is 68.7 Å². The number of hydrogen-bond acceptors (Lipinski definition) is 5. The summed E-state index contributed by atoms with van der Waals surface area (Å²) in [7, 11) is 0. The maximum atomic E-state index is 15.4. The number of nitrogens with zero attached hydrogens (tertiary/aromatic N) is 2. The van der Waals surface area contributed by atoms with Gasteiger partial charge in [-0.3, -0.25) is 9.78 Å². The van der Waals surface area contributed by atoms with Crippen molar-refractivity contribution in [3.05, 3.63) is 64.2 Å². The summed E-state index contributed by atoms with van der Waals surface area (Å²) in [5, 5.41) is 0.0369. The van der Waals surface area contributed by atoms with Crippen LogP contribution in [0.1, 0.15) is 63.9 Å². The highest BCUT2D eigenvalue weighted by Gasteiger charge is 2.32. The number of esters is 1. The molecule has 4 rings (SSSR count). The molecule has 1 amide bonds. The van der Waals surface area contributed by atoms with E-state index in [0.717, 1.165) is 44.6 Å². The van der Waals surface area contributed by atoms with E-state index in [1.165, 1.54) is 11.0 Å². The van der Waals surface area contributed by atoms with Crippen LogP contribution < -0.4 is 9.64 Å². The first-order chi connectivity index (χ1) is 17.9. The SMILES string of the molecule is C#CC(C)Oc1cc(N(Cc2cccnc2)C(=O)C2=C(C(=O)OC3CCCC3)CCCC2)c(F)cc1Cl. The molecule has 0 spiro atoms. The van der Waals surface area contributed by atoms with Gasteiger partial charge in [-0.05, 0) is 76.0 Å². The summed E-state index contributed by atoms with van der Waals surface area (Å²) < 4.78 is 26.8. The second-order valence-corrected chi connectivity index (χ2v) is 9.80. The van der Waals surface area contributed by atoms with Crippen LogP contribution in [0, 0.1) is 18.2 Å². The van der Waals surface area contributed by atoms with E-state index in [0.29, 0.717) is 29.6 Å². The first-order valence-corrected chi connectivity index (χ1v) is 13.0. The minimum atomic E-state index is -0.700. The predicted molar refractivity (Wildman–Crippen MR) is 140 cm³/mol. The van der Waals surface area contributed by atoms with Crippen molar-refractivity contribution < 1.29 is 23.5 Å². The van der Waals surface area contributed by atoms with E-state index in [-0.39, 0.29) is 29.1 Å². The lowest BCUT2D eigenvalue weighted by molar-refractivity contribution is -0.144. The minimum Gasteiger partial charge on any atom is -0.476 e. The van der Waals surface area contributed by atoms with Crippen LogP contribution in [0.3, 0.4) is 0 Å². The number of halogens is 2. The molecule has 8 heteroatoms. The number of anilines is 1. The Morgan fingerprint density at radius 1 is 1.22 bits per heavy atom. The minimum absolute atomic E-state index is 0.0286. The molecule has 1 fully saturated rings. The Morgan fingerprint density at radius 2 is 1.95 bits per heavy atom. The van der Waals surface area contributed by atoms with Crippen LogP contribution in [-0.4, -0.2) is 29.1 Å². The van der Waals surface area contributed by atoms with Gasteiger partial charge in [0.05, 0.1) is 17.3 Å². The molecule has 1 aromatic heterocycles. The van der Waals surface area contributed by atoms with Crippen molar-refractivity contribution in [3.8, 4) is 18.1 Å². The first kappa shape index (κ1) is 26.7. The molecule has 0 radical (unpaired) electrons. The number of aromatic nitrogens is 1. The fraction of sp³-hybridized carbons (Fsp3) is 0.414. The van der Waals surface area contributed by atoms with Gasteiger partial charge >= 0.3 is 5.97 Å². The van der Waals surface area contributed by atoms with Crippen LogP contribution in [0.15, 0.2) is 47.8 Å². The molecular weight excluding hydrogens is 495 g/mol. The molecule has 1 unspecified atom stereocenters. The highest BCUT2D eigenvalue weighted by Crippen LogP contribution is 2.36. The van der Waals surface area contributed by atoms with E-state index in [2.05, 4.69) is 10.9 Å². The number of carbonyl (C=O) groups excluding carboxylic acids is 2. The Kier molecular flexibility index (Phi) is 8.83. The summed E-state index contributed by atoms with van der Waals surface area (Å²) in [6.45, 7) is 1.69. The maximum absolute atomic E-state index is 15.4. The third-order valence-corrected chi connectivity index (χ3v) is 6.98. The lowest BCUT2D eigenvalue weighted by Gasteiger charge is -2.28. The molecule has 1 saturated carbocycles. The van der Waals surface area contributed by atoms with Gasteiger partial charge in [0, 0.05) is 29.6 Å². The van der Waals surface area contributed by atoms with Crippen molar-refractivity contribution in [2.75, 3.05) is 4.90 Å². The van der Waals surface area contributed by atoms with E-state index in [9.17, 15) is 9.59 Å². The van der Waals surface area contributed by atoms with E-state index < -0.39 is 23.8 Å². The quantitative estimate of drug-likeness (QED) is 0.305. The second kappa shape index (κ2) is 12.2. The van der Waals surface area contributed by atoms with Crippen molar-refractivity contribution in [2.24, 2.45) is 0 Å². The maximum Gasteiger partial charge on any atom is 0.334 e. The Morgan fingerprint density at radius 3 is 2.62 bits per heavy atom. The van der Waals surface area contributed by atoms with Crippen LogP contribution >= 0.6 is 11.6 Å². The molecule has 6 nitrogen and oxygen atoms in total. The third-order valence-electron chi connectivity index (χ3n) is 6.69. The molecule has 0 aliphatic heterocycles. The zero-order valence-corrected chi connectivity index (χ0v) is 21.6. The molecule has 0 bridgehead atoms. The van der Waals surface area contributed by atoms with Gasteiger partial charge in [0.25, 0.3) is 5.91 Å². The van der Waals surface area contributed by atoms with Crippen molar-refractivity contribution in [3.63, 3.8) is 0 Å². The summed E-state index contributed by atoms with van der Waals surface area (Å²) >= 11 is 6.22. The average Bonchev–Trinajstić information content (AvgIpc) is 3.42. The Balaban J connectivity index is 1.74. The number of carbonyl (C=O) groups is 2. The fourth-order valence-electron chi connectivity index (χ4n) is 4.74. The number of pyridine rings is 1. The molecule has 194 valence electrons. The largest absolute Gasteiger partial charge is 0.476 e. The molecule has 37 heavy (non-hydrogen) atoms. The highest BCUT2D eigenvalue weighted by molar-refractivity contribution is 6.32. The summed E-state index contributed by atoms with van der Waals surface area (Å²) in [5.41, 5.74) is 1.40. The highest BCUT2D eigenvalue weighted by atomic mass is 35.5. The van der Waals surface area contributed by atoms with Gasteiger partial charge in [-0.1, -0.05) is 23.6 Å². The molecule has 0 N–H and O–H groups in total. The summed E-state index contributed by atoms with van der Waals surface area (Å²) in [5.74, 6) is 0.999. The van der Waals surface area contributed by atoms with Gasteiger partial charge in [0.2, 0.25) is 0 Å². The lowest BCUT2D eigenvalue weighted by atomic mass is 9.90. The molecule has 2 aliphatic carbocycles. The Hall–Kier alpha value is -3.37. The fourth-order valence-corrected chi connectivity index (χ4v) is 4.93. The average molecular weight is 525 g/mol. The van der Waals surface area contributed by atoms with Gasteiger partial charge in [-0.2, -0.15) is 0 Å².